The minimum Gasteiger partial charge on any atom is -0.353 e. The summed E-state index contributed by atoms with van der Waals surface area (Å²) in [6.45, 7) is 1.24. The Labute approximate surface area is 193 Å². The first-order chi connectivity index (χ1) is 15.0. The Morgan fingerprint density at radius 2 is 1.68 bits per heavy atom. The molecular weight excluding hydrogens is 433 g/mol. The maximum Gasteiger partial charge on any atom is 0.251 e. The fourth-order valence-electron chi connectivity index (χ4n) is 4.77. The molecule has 5 nitrogen and oxygen atoms in total. The molecule has 0 saturated carbocycles. The summed E-state index contributed by atoms with van der Waals surface area (Å²) in [4.78, 5) is 27.1. The summed E-state index contributed by atoms with van der Waals surface area (Å²) in [5.74, 6) is -0.231. The molecular formula is C24H27Cl2N3O2. The van der Waals surface area contributed by atoms with E-state index in [0.717, 1.165) is 24.4 Å². The van der Waals surface area contributed by atoms with E-state index in [9.17, 15) is 9.59 Å². The SMILES string of the molecule is O=C(CCNC(=O)c1cccc(Cl)c1)NC1C[C@H]2CC[C@@H](C1)N2Cc1ccc(Cl)cc1. The second-order valence-electron chi connectivity index (χ2n) is 8.44. The van der Waals surface area contributed by atoms with E-state index in [0.29, 0.717) is 29.2 Å². The van der Waals surface area contributed by atoms with Crippen molar-refractivity contribution in [1.82, 2.24) is 15.5 Å². The molecule has 4 rings (SSSR count). The Morgan fingerprint density at radius 3 is 2.35 bits per heavy atom. The summed E-state index contributed by atoms with van der Waals surface area (Å²) < 4.78 is 0. The third-order valence-corrected chi connectivity index (χ3v) is 6.74. The van der Waals surface area contributed by atoms with Crippen LogP contribution >= 0.6 is 23.2 Å². The number of benzene rings is 2. The van der Waals surface area contributed by atoms with E-state index in [2.05, 4.69) is 27.7 Å². The van der Waals surface area contributed by atoms with Crippen LogP contribution in [0, 0.1) is 0 Å². The highest BCUT2D eigenvalue weighted by molar-refractivity contribution is 6.31. The number of piperidine rings is 1. The molecule has 0 radical (unpaired) electrons. The normalized spacial score (nSPS) is 22.8. The summed E-state index contributed by atoms with van der Waals surface area (Å²) in [5, 5.41) is 7.24. The molecule has 2 N–H and O–H groups in total. The van der Waals surface area contributed by atoms with Crippen LogP contribution in [-0.2, 0) is 11.3 Å². The minimum absolute atomic E-state index is 0.0121. The lowest BCUT2D eigenvalue weighted by Gasteiger charge is -2.39. The molecule has 2 aromatic carbocycles. The van der Waals surface area contributed by atoms with Crippen molar-refractivity contribution in [1.29, 1.82) is 0 Å². The predicted molar refractivity (Wildman–Crippen MR) is 123 cm³/mol. The van der Waals surface area contributed by atoms with Crippen molar-refractivity contribution >= 4 is 35.0 Å². The van der Waals surface area contributed by atoms with Gasteiger partial charge < -0.3 is 10.6 Å². The van der Waals surface area contributed by atoms with Gasteiger partial charge in [-0.3, -0.25) is 14.5 Å². The number of halogens is 2. The van der Waals surface area contributed by atoms with E-state index in [1.807, 2.05) is 12.1 Å². The van der Waals surface area contributed by atoms with Gasteiger partial charge in [0.2, 0.25) is 5.91 Å². The molecule has 2 heterocycles. The zero-order valence-corrected chi connectivity index (χ0v) is 18.8. The summed E-state index contributed by atoms with van der Waals surface area (Å²) in [6.07, 6.45) is 4.59. The van der Waals surface area contributed by atoms with Gasteiger partial charge in [-0.1, -0.05) is 41.4 Å². The van der Waals surface area contributed by atoms with Gasteiger partial charge >= 0.3 is 0 Å². The lowest BCUT2D eigenvalue weighted by molar-refractivity contribution is -0.122. The van der Waals surface area contributed by atoms with Crippen LogP contribution in [0.25, 0.3) is 0 Å². The largest absolute Gasteiger partial charge is 0.353 e. The summed E-state index contributed by atoms with van der Waals surface area (Å²) in [7, 11) is 0. The van der Waals surface area contributed by atoms with Gasteiger partial charge in [0.15, 0.2) is 0 Å². The van der Waals surface area contributed by atoms with Crippen LogP contribution in [0.3, 0.4) is 0 Å². The number of hydrogen-bond acceptors (Lipinski definition) is 3. The highest BCUT2D eigenvalue weighted by Crippen LogP contribution is 2.37. The van der Waals surface area contributed by atoms with Crippen LogP contribution in [0.4, 0.5) is 0 Å². The number of carbonyl (C=O) groups is 2. The lowest BCUT2D eigenvalue weighted by Crippen LogP contribution is -2.50. The molecule has 0 aliphatic carbocycles. The fourth-order valence-corrected chi connectivity index (χ4v) is 5.09. The molecule has 2 saturated heterocycles. The van der Waals surface area contributed by atoms with Crippen LogP contribution < -0.4 is 10.6 Å². The zero-order chi connectivity index (χ0) is 21.8. The van der Waals surface area contributed by atoms with Crippen LogP contribution in [0.2, 0.25) is 10.0 Å². The summed E-state index contributed by atoms with van der Waals surface area (Å²) in [5.41, 5.74) is 1.77. The van der Waals surface area contributed by atoms with Gasteiger partial charge in [0.25, 0.3) is 5.91 Å². The van der Waals surface area contributed by atoms with Gasteiger partial charge in [-0.2, -0.15) is 0 Å². The lowest BCUT2D eigenvalue weighted by atomic mass is 9.96. The molecule has 164 valence electrons. The molecule has 0 aromatic heterocycles. The molecule has 7 heteroatoms. The Morgan fingerprint density at radius 1 is 0.968 bits per heavy atom. The van der Waals surface area contributed by atoms with Crippen molar-refractivity contribution in [2.24, 2.45) is 0 Å². The van der Waals surface area contributed by atoms with E-state index < -0.39 is 0 Å². The number of nitrogens with one attached hydrogen (secondary N) is 2. The number of fused-ring (bicyclic) bond motifs is 2. The second-order valence-corrected chi connectivity index (χ2v) is 9.31. The van der Waals surface area contributed by atoms with Gasteiger partial charge in [0, 0.05) is 53.2 Å². The summed E-state index contributed by atoms with van der Waals surface area (Å²) in [6, 6.07) is 16.0. The Bertz CT molecular complexity index is 921. The first kappa shape index (κ1) is 22.1. The highest BCUT2D eigenvalue weighted by atomic mass is 35.5. The number of carbonyl (C=O) groups excluding carboxylic acids is 2. The number of amides is 2. The highest BCUT2D eigenvalue weighted by Gasteiger charge is 2.40. The van der Waals surface area contributed by atoms with Gasteiger partial charge in [-0.05, 0) is 61.6 Å². The van der Waals surface area contributed by atoms with Crippen molar-refractivity contribution < 1.29 is 9.59 Å². The third kappa shape index (κ3) is 5.79. The Kier molecular flexibility index (Phi) is 7.16. The molecule has 2 fully saturated rings. The monoisotopic (exact) mass is 459 g/mol. The van der Waals surface area contributed by atoms with Crippen molar-refractivity contribution in [2.75, 3.05) is 6.54 Å². The van der Waals surface area contributed by atoms with E-state index in [4.69, 9.17) is 23.2 Å². The van der Waals surface area contributed by atoms with Crippen LogP contribution in [-0.4, -0.2) is 41.4 Å². The molecule has 0 spiro atoms. The molecule has 2 aliphatic heterocycles. The smallest absolute Gasteiger partial charge is 0.251 e. The molecule has 2 aliphatic rings. The fraction of sp³-hybridized carbons (Fsp3) is 0.417. The van der Waals surface area contributed by atoms with E-state index in [1.54, 1.807) is 24.3 Å². The average Bonchev–Trinajstić information content (AvgIpc) is 2.97. The Balaban J connectivity index is 1.21. The molecule has 1 unspecified atom stereocenters. The topological polar surface area (TPSA) is 61.4 Å². The van der Waals surface area contributed by atoms with Crippen molar-refractivity contribution in [3.8, 4) is 0 Å². The zero-order valence-electron chi connectivity index (χ0n) is 17.3. The van der Waals surface area contributed by atoms with Crippen LogP contribution in [0.15, 0.2) is 48.5 Å². The maximum absolute atomic E-state index is 12.4. The molecule has 3 atom stereocenters. The van der Waals surface area contributed by atoms with E-state index >= 15 is 0 Å². The van der Waals surface area contributed by atoms with Gasteiger partial charge in [0.1, 0.15) is 0 Å². The van der Waals surface area contributed by atoms with Gasteiger partial charge in [0.05, 0.1) is 0 Å². The molecule has 31 heavy (non-hydrogen) atoms. The first-order valence-corrected chi connectivity index (χ1v) is 11.6. The van der Waals surface area contributed by atoms with Crippen LogP contribution in [0.5, 0.6) is 0 Å². The number of nitrogens with zero attached hydrogens (tertiary/aromatic N) is 1. The van der Waals surface area contributed by atoms with E-state index in [-0.39, 0.29) is 24.3 Å². The van der Waals surface area contributed by atoms with E-state index in [1.165, 1.54) is 18.4 Å². The van der Waals surface area contributed by atoms with Crippen molar-refractivity contribution in [2.45, 2.75) is 56.8 Å². The standard InChI is InChI=1S/C24H27Cl2N3O2/c25-18-6-4-16(5-7-18)15-29-21-8-9-22(29)14-20(13-21)28-23(30)10-11-27-24(31)17-2-1-3-19(26)12-17/h1-7,12,20-22H,8-11,13-15H2,(H,27,31)(H,28,30)/t20?,21-,22+. The quantitative estimate of drug-likeness (QED) is 0.643. The van der Waals surface area contributed by atoms with Gasteiger partial charge in [-0.15, -0.1) is 0 Å². The predicted octanol–water partition coefficient (Wildman–Crippen LogP) is 4.43. The molecule has 2 bridgehead atoms. The molecule has 2 aromatic rings. The van der Waals surface area contributed by atoms with Crippen molar-refractivity contribution in [3.05, 3.63) is 69.7 Å². The van der Waals surface area contributed by atoms with Gasteiger partial charge in [-0.25, -0.2) is 0 Å². The Hall–Kier alpha value is -2.08. The minimum atomic E-state index is -0.219. The first-order valence-electron chi connectivity index (χ1n) is 10.8. The third-order valence-electron chi connectivity index (χ3n) is 6.25. The second kappa shape index (κ2) is 10.0. The molecule has 2 amide bonds. The summed E-state index contributed by atoms with van der Waals surface area (Å²) >= 11 is 11.9. The van der Waals surface area contributed by atoms with Crippen molar-refractivity contribution in [3.63, 3.8) is 0 Å². The number of rotatable bonds is 7. The number of hydrogen-bond donors (Lipinski definition) is 2. The van der Waals surface area contributed by atoms with Crippen LogP contribution in [0.1, 0.15) is 48.0 Å². The maximum atomic E-state index is 12.4. The average molecular weight is 460 g/mol.